The molecule has 0 saturated heterocycles. The predicted octanol–water partition coefficient (Wildman–Crippen LogP) is 3.37. The van der Waals surface area contributed by atoms with Crippen LogP contribution in [-0.4, -0.2) is 29.9 Å². The molecule has 0 heterocycles. The van der Waals surface area contributed by atoms with Gasteiger partial charge in [0.25, 0.3) is 0 Å². The fraction of sp³-hybridized carbons (Fsp3) is 1.00. The summed E-state index contributed by atoms with van der Waals surface area (Å²) in [6.45, 7) is 10.1. The second kappa shape index (κ2) is 5.87. The van der Waals surface area contributed by atoms with Crippen molar-refractivity contribution in [2.45, 2.75) is 46.1 Å². The predicted molar refractivity (Wildman–Crippen MR) is 61.5 cm³/mol. The minimum atomic E-state index is 0.129. The van der Waals surface area contributed by atoms with E-state index in [1.54, 1.807) is 0 Å². The third-order valence-corrected chi connectivity index (χ3v) is 3.70. The number of hydrogen-bond acceptors (Lipinski definition) is 1. The van der Waals surface area contributed by atoms with Gasteiger partial charge in [0, 0.05) is 18.0 Å². The van der Waals surface area contributed by atoms with Crippen LogP contribution in [0.2, 0.25) is 0 Å². The topological polar surface area (TPSA) is 3.24 Å². The molecule has 0 bridgehead atoms. The van der Waals surface area contributed by atoms with E-state index in [0.29, 0.717) is 5.88 Å². The molecule has 0 aromatic carbocycles. The van der Waals surface area contributed by atoms with Gasteiger partial charge < -0.3 is 0 Å². The number of alkyl halides is 1. The molecule has 0 aromatic rings. The van der Waals surface area contributed by atoms with Gasteiger partial charge in [-0.15, -0.1) is 11.6 Å². The van der Waals surface area contributed by atoms with Gasteiger partial charge in [-0.3, -0.25) is 4.90 Å². The van der Waals surface area contributed by atoms with Crippen LogP contribution in [0.4, 0.5) is 0 Å². The van der Waals surface area contributed by atoms with Crippen LogP contribution in [0.1, 0.15) is 40.5 Å². The first kappa shape index (κ1) is 13.2. The fourth-order valence-electron chi connectivity index (χ4n) is 1.28. The zero-order chi connectivity index (χ0) is 10.5. The van der Waals surface area contributed by atoms with Crippen LogP contribution >= 0.6 is 11.6 Å². The molecule has 0 aliphatic heterocycles. The highest BCUT2D eigenvalue weighted by atomic mass is 35.5. The van der Waals surface area contributed by atoms with Crippen LogP contribution in [-0.2, 0) is 0 Å². The lowest BCUT2D eigenvalue weighted by Crippen LogP contribution is -2.44. The van der Waals surface area contributed by atoms with Crippen LogP contribution in [0, 0.1) is 5.92 Å². The molecule has 0 saturated carbocycles. The molecule has 0 rings (SSSR count). The van der Waals surface area contributed by atoms with Gasteiger partial charge in [-0.25, -0.2) is 0 Å². The maximum Gasteiger partial charge on any atom is 0.0402 e. The van der Waals surface area contributed by atoms with Crippen LogP contribution in [0.5, 0.6) is 0 Å². The van der Waals surface area contributed by atoms with Crippen LogP contribution in [0.3, 0.4) is 0 Å². The van der Waals surface area contributed by atoms with E-state index in [9.17, 15) is 0 Å². The Hall–Kier alpha value is 0.250. The normalized spacial score (nSPS) is 12.9. The van der Waals surface area contributed by atoms with E-state index in [1.807, 2.05) is 0 Å². The highest BCUT2D eigenvalue weighted by Crippen LogP contribution is 2.18. The summed E-state index contributed by atoms with van der Waals surface area (Å²) in [4.78, 5) is 2.37. The first-order valence-electron chi connectivity index (χ1n) is 5.25. The van der Waals surface area contributed by atoms with E-state index in [2.05, 4.69) is 39.6 Å². The quantitative estimate of drug-likeness (QED) is 0.601. The molecule has 0 atom stereocenters. The van der Waals surface area contributed by atoms with Gasteiger partial charge in [0.2, 0.25) is 0 Å². The molecule has 0 N–H and O–H groups in total. The lowest BCUT2D eigenvalue weighted by molar-refractivity contribution is 0.148. The molecule has 13 heavy (non-hydrogen) atoms. The van der Waals surface area contributed by atoms with E-state index in [4.69, 9.17) is 11.6 Å². The molecule has 0 unspecified atom stereocenters. The maximum atomic E-state index is 5.92. The molecular weight excluding hydrogens is 182 g/mol. The van der Waals surface area contributed by atoms with Crippen LogP contribution < -0.4 is 0 Å². The molecule has 0 spiro atoms. The molecule has 1 nitrogen and oxygen atoms in total. The zero-order valence-corrected chi connectivity index (χ0v) is 10.5. The summed E-state index contributed by atoms with van der Waals surface area (Å²) in [6, 6.07) is 0. The number of hydrogen-bond donors (Lipinski definition) is 0. The third-order valence-electron chi connectivity index (χ3n) is 3.05. The van der Waals surface area contributed by atoms with Crippen molar-refractivity contribution in [1.29, 1.82) is 0 Å². The van der Waals surface area contributed by atoms with Gasteiger partial charge in [-0.05, 0) is 26.8 Å². The molecule has 2 heteroatoms. The van der Waals surface area contributed by atoms with E-state index < -0.39 is 0 Å². The molecule has 0 fully saturated rings. The van der Waals surface area contributed by atoms with E-state index in [1.165, 1.54) is 12.8 Å². The fourth-order valence-corrected chi connectivity index (χ4v) is 1.49. The second-order valence-corrected chi connectivity index (χ2v) is 4.78. The van der Waals surface area contributed by atoms with Crippen molar-refractivity contribution in [3.05, 3.63) is 0 Å². The zero-order valence-electron chi connectivity index (χ0n) is 9.73. The Kier molecular flexibility index (Phi) is 5.98. The van der Waals surface area contributed by atoms with Crippen LogP contribution in [0.15, 0.2) is 0 Å². The van der Waals surface area contributed by atoms with Gasteiger partial charge in [0.05, 0.1) is 0 Å². The minimum absolute atomic E-state index is 0.129. The van der Waals surface area contributed by atoms with E-state index in [-0.39, 0.29) is 5.54 Å². The third kappa shape index (κ3) is 4.33. The molecule has 80 valence electrons. The van der Waals surface area contributed by atoms with Crippen molar-refractivity contribution in [2.24, 2.45) is 5.92 Å². The van der Waals surface area contributed by atoms with Crippen molar-refractivity contribution < 1.29 is 0 Å². The van der Waals surface area contributed by atoms with Gasteiger partial charge in [-0.1, -0.05) is 26.7 Å². The average Bonchev–Trinajstić information content (AvgIpc) is 2.13. The number of nitrogens with zero attached hydrogens (tertiary/aromatic N) is 1. The summed E-state index contributed by atoms with van der Waals surface area (Å²) >= 11 is 5.92. The summed E-state index contributed by atoms with van der Waals surface area (Å²) in [5, 5.41) is 0. The second-order valence-electron chi connectivity index (χ2n) is 4.51. The van der Waals surface area contributed by atoms with Crippen LogP contribution in [0.25, 0.3) is 0 Å². The van der Waals surface area contributed by atoms with Crippen molar-refractivity contribution >= 4 is 11.6 Å². The molecule has 0 aliphatic rings. The molecule has 0 amide bonds. The maximum absolute atomic E-state index is 5.92. The van der Waals surface area contributed by atoms with Gasteiger partial charge in [-0.2, -0.15) is 0 Å². The Labute approximate surface area is 88.5 Å². The molecular formula is C11H24ClN. The lowest BCUT2D eigenvalue weighted by atomic mass is 9.99. The Morgan fingerprint density at radius 1 is 1.23 bits per heavy atom. The van der Waals surface area contributed by atoms with Gasteiger partial charge >= 0.3 is 0 Å². The summed E-state index contributed by atoms with van der Waals surface area (Å²) < 4.78 is 0. The summed E-state index contributed by atoms with van der Waals surface area (Å²) in [5.74, 6) is 1.51. The molecule has 0 aromatic heterocycles. The van der Waals surface area contributed by atoms with Crippen molar-refractivity contribution in [3.8, 4) is 0 Å². The minimum Gasteiger partial charge on any atom is -0.300 e. The first-order valence-corrected chi connectivity index (χ1v) is 5.78. The molecule has 0 aliphatic carbocycles. The summed E-state index contributed by atoms with van der Waals surface area (Å²) in [6.07, 6.45) is 2.53. The van der Waals surface area contributed by atoms with E-state index >= 15 is 0 Å². The standard InChI is InChI=1S/C11H24ClN/c1-6-10(7-2)8-13(5)11(3,4)9-12/h10H,6-9H2,1-5H3. The SMILES string of the molecule is CCC(CC)CN(C)C(C)(C)CCl. The number of rotatable bonds is 6. The van der Waals surface area contributed by atoms with Crippen molar-refractivity contribution in [2.75, 3.05) is 19.5 Å². The Bertz CT molecular complexity index is 130. The largest absolute Gasteiger partial charge is 0.300 e. The smallest absolute Gasteiger partial charge is 0.0402 e. The number of halogens is 1. The summed E-state index contributed by atoms with van der Waals surface area (Å²) in [7, 11) is 2.17. The highest BCUT2D eigenvalue weighted by molar-refractivity contribution is 6.18. The Morgan fingerprint density at radius 3 is 2.00 bits per heavy atom. The lowest BCUT2D eigenvalue weighted by Gasteiger charge is -2.36. The summed E-state index contributed by atoms with van der Waals surface area (Å²) in [5.41, 5.74) is 0.129. The van der Waals surface area contributed by atoms with Crippen molar-refractivity contribution in [1.82, 2.24) is 4.90 Å². The van der Waals surface area contributed by atoms with E-state index in [0.717, 1.165) is 12.5 Å². The first-order chi connectivity index (χ1) is 5.97. The van der Waals surface area contributed by atoms with Gasteiger partial charge in [0.15, 0.2) is 0 Å². The Balaban J connectivity index is 4.04. The average molecular weight is 206 g/mol. The highest BCUT2D eigenvalue weighted by Gasteiger charge is 2.23. The molecule has 0 radical (unpaired) electrons. The van der Waals surface area contributed by atoms with Crippen molar-refractivity contribution in [3.63, 3.8) is 0 Å². The Morgan fingerprint density at radius 2 is 1.69 bits per heavy atom. The van der Waals surface area contributed by atoms with Gasteiger partial charge in [0.1, 0.15) is 0 Å². The monoisotopic (exact) mass is 205 g/mol.